The zero-order valence-electron chi connectivity index (χ0n) is 14.1. The number of carbonyl (C=O) groups excluding carboxylic acids is 1. The van der Waals surface area contributed by atoms with E-state index >= 15 is 0 Å². The molecule has 0 spiro atoms. The summed E-state index contributed by atoms with van der Waals surface area (Å²) >= 11 is 0. The van der Waals surface area contributed by atoms with Crippen molar-refractivity contribution in [2.24, 2.45) is 4.99 Å². The minimum Gasteiger partial charge on any atom is -0.351 e. The summed E-state index contributed by atoms with van der Waals surface area (Å²) in [5, 5.41) is 9.11. The molecule has 7 nitrogen and oxygen atoms in total. The average molecular weight is 378 g/mol. The predicted octanol–water partition coefficient (Wildman–Crippen LogP) is 1.40. The molecule has 0 radical (unpaired) electrons. The highest BCUT2D eigenvalue weighted by Crippen LogP contribution is 2.36. The van der Waals surface area contributed by atoms with E-state index in [1.807, 2.05) is 0 Å². The van der Waals surface area contributed by atoms with Crippen LogP contribution in [0.25, 0.3) is 11.0 Å². The summed E-state index contributed by atoms with van der Waals surface area (Å²) < 4.78 is 38.2. The molecule has 1 saturated carbocycles. The van der Waals surface area contributed by atoms with Crippen molar-refractivity contribution in [3.05, 3.63) is 42.1 Å². The number of carbonyl (C=O) groups is 1. The standard InChI is InChI=1S/C17H17F3N6O/c18-9-5-10-11(7-23-14(10)22-6-9)15-21-4-1-13(25-15)26-17(2-3-17)16(27)24-8-12(19)20/h1,4-7,12-13,26H,2-3,8H2,(H,21,25)(H,22,23)(H,24,27). The first-order chi connectivity index (χ1) is 13.0. The number of pyridine rings is 1. The molecule has 10 heteroatoms. The lowest BCUT2D eigenvalue weighted by atomic mass is 10.1. The number of aliphatic imine (C=N–C) groups is 1. The Morgan fingerprint density at radius 2 is 2.22 bits per heavy atom. The Hall–Kier alpha value is -2.88. The van der Waals surface area contributed by atoms with Gasteiger partial charge in [-0.15, -0.1) is 0 Å². The fourth-order valence-corrected chi connectivity index (χ4v) is 3.04. The monoisotopic (exact) mass is 378 g/mol. The molecular formula is C17H17F3N6O. The molecule has 1 aliphatic carbocycles. The van der Waals surface area contributed by atoms with Crippen molar-refractivity contribution in [3.8, 4) is 0 Å². The molecule has 4 N–H and O–H groups in total. The van der Waals surface area contributed by atoms with E-state index in [2.05, 4.69) is 30.9 Å². The van der Waals surface area contributed by atoms with Crippen molar-refractivity contribution < 1.29 is 18.0 Å². The number of amidine groups is 1. The normalized spacial score (nSPS) is 20.4. The van der Waals surface area contributed by atoms with Crippen molar-refractivity contribution in [2.45, 2.75) is 31.0 Å². The van der Waals surface area contributed by atoms with Crippen molar-refractivity contribution in [3.63, 3.8) is 0 Å². The van der Waals surface area contributed by atoms with Crippen LogP contribution in [0.3, 0.4) is 0 Å². The Bertz CT molecular complexity index is 934. The fourth-order valence-electron chi connectivity index (χ4n) is 3.04. The van der Waals surface area contributed by atoms with Gasteiger partial charge in [0.1, 0.15) is 17.3 Å². The molecule has 2 aromatic rings. The topological polar surface area (TPSA) is 94.2 Å². The quantitative estimate of drug-likeness (QED) is 0.611. The van der Waals surface area contributed by atoms with Crippen LogP contribution in [0.5, 0.6) is 0 Å². The van der Waals surface area contributed by atoms with Gasteiger partial charge in [-0.25, -0.2) is 23.1 Å². The lowest BCUT2D eigenvalue weighted by molar-refractivity contribution is -0.125. The first kappa shape index (κ1) is 17.5. The van der Waals surface area contributed by atoms with E-state index < -0.39 is 36.4 Å². The smallest absolute Gasteiger partial charge is 0.255 e. The van der Waals surface area contributed by atoms with Crippen LogP contribution in [-0.2, 0) is 4.79 Å². The maximum Gasteiger partial charge on any atom is 0.255 e. The molecule has 3 heterocycles. The van der Waals surface area contributed by atoms with E-state index in [1.165, 1.54) is 6.07 Å². The van der Waals surface area contributed by atoms with Crippen LogP contribution in [0.15, 0.2) is 35.7 Å². The Morgan fingerprint density at radius 3 is 2.96 bits per heavy atom. The lowest BCUT2D eigenvalue weighted by Gasteiger charge is -2.26. The molecular weight excluding hydrogens is 361 g/mol. The van der Waals surface area contributed by atoms with Crippen LogP contribution in [0.4, 0.5) is 13.2 Å². The number of nitrogens with one attached hydrogen (secondary N) is 4. The third-order valence-corrected chi connectivity index (χ3v) is 4.56. The molecule has 0 saturated heterocycles. The number of fused-ring (bicyclic) bond motifs is 1. The van der Waals surface area contributed by atoms with E-state index in [9.17, 15) is 18.0 Å². The molecule has 0 bridgehead atoms. The summed E-state index contributed by atoms with van der Waals surface area (Å²) in [6.45, 7) is -0.670. The summed E-state index contributed by atoms with van der Waals surface area (Å²) in [5.74, 6) is -0.421. The molecule has 2 aliphatic rings. The van der Waals surface area contributed by atoms with E-state index in [0.717, 1.165) is 6.20 Å². The molecule has 1 aliphatic heterocycles. The number of aromatic amines is 1. The van der Waals surface area contributed by atoms with Crippen LogP contribution < -0.4 is 16.0 Å². The third-order valence-electron chi connectivity index (χ3n) is 4.56. The summed E-state index contributed by atoms with van der Waals surface area (Å²) in [4.78, 5) is 23.4. The fraction of sp³-hybridized carbons (Fsp3) is 0.353. The molecule has 1 atom stereocenters. The number of H-pyrrole nitrogens is 1. The Morgan fingerprint density at radius 1 is 1.41 bits per heavy atom. The van der Waals surface area contributed by atoms with Crippen molar-refractivity contribution >= 4 is 22.8 Å². The van der Waals surface area contributed by atoms with Crippen molar-refractivity contribution in [2.75, 3.05) is 6.54 Å². The van der Waals surface area contributed by atoms with Gasteiger partial charge >= 0.3 is 0 Å². The van der Waals surface area contributed by atoms with Crippen LogP contribution in [0, 0.1) is 5.82 Å². The van der Waals surface area contributed by atoms with Crippen LogP contribution in [0.1, 0.15) is 18.4 Å². The van der Waals surface area contributed by atoms with E-state index in [1.54, 1.807) is 18.5 Å². The highest BCUT2D eigenvalue weighted by atomic mass is 19.3. The number of amides is 1. The molecule has 4 rings (SSSR count). The Labute approximate surface area is 152 Å². The summed E-state index contributed by atoms with van der Waals surface area (Å²) in [6, 6.07) is 1.36. The molecule has 0 aromatic carbocycles. The minimum absolute atomic E-state index is 0.427. The minimum atomic E-state index is -2.59. The highest BCUT2D eigenvalue weighted by molar-refractivity contribution is 6.09. The van der Waals surface area contributed by atoms with Crippen LogP contribution >= 0.6 is 0 Å². The van der Waals surface area contributed by atoms with Gasteiger partial charge in [-0.2, -0.15) is 0 Å². The summed E-state index contributed by atoms with van der Waals surface area (Å²) in [6.07, 6.45) is 4.18. The second kappa shape index (κ2) is 6.69. The number of halogens is 3. The van der Waals surface area contributed by atoms with Gasteiger partial charge < -0.3 is 15.6 Å². The van der Waals surface area contributed by atoms with Gasteiger partial charge in [-0.05, 0) is 25.0 Å². The average Bonchev–Trinajstić information content (AvgIpc) is 3.30. The molecule has 27 heavy (non-hydrogen) atoms. The second-order valence-corrected chi connectivity index (χ2v) is 6.52. The third kappa shape index (κ3) is 3.52. The summed E-state index contributed by atoms with van der Waals surface area (Å²) in [7, 11) is 0. The predicted molar refractivity (Wildman–Crippen MR) is 92.8 cm³/mol. The number of hydrogen-bond donors (Lipinski definition) is 4. The number of nitrogens with zero attached hydrogens (tertiary/aromatic N) is 2. The van der Waals surface area contributed by atoms with Gasteiger partial charge in [-0.3, -0.25) is 10.1 Å². The number of alkyl halides is 2. The van der Waals surface area contributed by atoms with E-state index in [-0.39, 0.29) is 0 Å². The van der Waals surface area contributed by atoms with Crippen LogP contribution in [0.2, 0.25) is 0 Å². The Kier molecular flexibility index (Phi) is 4.34. The molecule has 2 aromatic heterocycles. The zero-order valence-corrected chi connectivity index (χ0v) is 14.1. The van der Waals surface area contributed by atoms with E-state index in [0.29, 0.717) is 35.3 Å². The lowest BCUT2D eigenvalue weighted by Crippen LogP contribution is -2.56. The first-order valence-electron chi connectivity index (χ1n) is 8.45. The molecule has 1 amide bonds. The zero-order chi connectivity index (χ0) is 19.0. The number of aromatic nitrogens is 2. The van der Waals surface area contributed by atoms with Gasteiger partial charge in [0.15, 0.2) is 0 Å². The molecule has 142 valence electrons. The van der Waals surface area contributed by atoms with Gasteiger partial charge in [0, 0.05) is 23.3 Å². The first-order valence-corrected chi connectivity index (χ1v) is 8.45. The molecule has 1 unspecified atom stereocenters. The van der Waals surface area contributed by atoms with Crippen molar-refractivity contribution in [1.82, 2.24) is 25.9 Å². The van der Waals surface area contributed by atoms with E-state index in [4.69, 9.17) is 0 Å². The largest absolute Gasteiger partial charge is 0.351 e. The van der Waals surface area contributed by atoms with Gasteiger partial charge in [0.05, 0.1) is 24.4 Å². The number of rotatable bonds is 6. The second-order valence-electron chi connectivity index (χ2n) is 6.52. The maximum absolute atomic E-state index is 13.5. The van der Waals surface area contributed by atoms with Gasteiger partial charge in [0.2, 0.25) is 5.91 Å². The maximum atomic E-state index is 13.5. The van der Waals surface area contributed by atoms with Gasteiger partial charge in [-0.1, -0.05) is 0 Å². The molecule has 1 fully saturated rings. The highest BCUT2D eigenvalue weighted by Gasteiger charge is 2.51. The van der Waals surface area contributed by atoms with Crippen LogP contribution in [-0.4, -0.2) is 46.4 Å². The van der Waals surface area contributed by atoms with Crippen molar-refractivity contribution in [1.29, 1.82) is 0 Å². The number of hydrogen-bond acceptors (Lipinski definition) is 5. The SMILES string of the molecule is O=C(NCC(F)F)C1(NC2C=CN=C(c3c[nH]c4ncc(F)cc34)N2)CC1. The van der Waals surface area contributed by atoms with Gasteiger partial charge in [0.25, 0.3) is 6.43 Å². The summed E-state index contributed by atoms with van der Waals surface area (Å²) in [5.41, 5.74) is 0.299. The Balaban J connectivity index is 1.47.